The lowest BCUT2D eigenvalue weighted by molar-refractivity contribution is 0.892. The van der Waals surface area contributed by atoms with Gasteiger partial charge in [0.05, 0.1) is 0 Å². The van der Waals surface area contributed by atoms with E-state index in [1.165, 1.54) is 16.1 Å². The summed E-state index contributed by atoms with van der Waals surface area (Å²) in [6.07, 6.45) is 1.05. The fourth-order valence-corrected chi connectivity index (χ4v) is 2.56. The molecule has 20 heavy (non-hydrogen) atoms. The summed E-state index contributed by atoms with van der Waals surface area (Å²) in [6, 6.07) is 7.65. The normalized spacial score (nSPS) is 13.4. The van der Waals surface area contributed by atoms with Crippen molar-refractivity contribution in [2.24, 2.45) is 0 Å². The quantitative estimate of drug-likeness (QED) is 0.698. The zero-order valence-corrected chi connectivity index (χ0v) is 11.0. The van der Waals surface area contributed by atoms with Crippen LogP contribution in [-0.4, -0.2) is 26.1 Å². The van der Waals surface area contributed by atoms with E-state index in [2.05, 4.69) is 32.5 Å². The number of fused-ring (bicyclic) bond motifs is 2. The fraction of sp³-hybridized carbons (Fsp3) is 0.214. The standard InChI is InChI=1S/C14H13N5O/c1-8-6-12(20)19-14(16-8)17-13(18-19)10-3-2-9-4-5-15-11(9)7-10/h2-3,6-7,15H,4-5H2,1H3,(H,16,17,18). The second kappa shape index (κ2) is 3.93. The van der Waals surface area contributed by atoms with Gasteiger partial charge < -0.3 is 5.32 Å². The number of aromatic amines is 1. The van der Waals surface area contributed by atoms with Gasteiger partial charge in [0.15, 0.2) is 5.82 Å². The first kappa shape index (κ1) is 11.2. The second-order valence-electron chi connectivity index (χ2n) is 4.99. The molecule has 2 aromatic heterocycles. The molecular weight excluding hydrogens is 254 g/mol. The number of hydrogen-bond donors (Lipinski definition) is 2. The average Bonchev–Trinajstić information content (AvgIpc) is 3.03. The van der Waals surface area contributed by atoms with Crippen molar-refractivity contribution in [3.05, 3.63) is 45.9 Å². The highest BCUT2D eigenvalue weighted by Crippen LogP contribution is 2.27. The van der Waals surface area contributed by atoms with Crippen LogP contribution in [0.25, 0.3) is 17.2 Å². The van der Waals surface area contributed by atoms with Crippen LogP contribution < -0.4 is 10.9 Å². The van der Waals surface area contributed by atoms with Crippen molar-refractivity contribution in [1.29, 1.82) is 0 Å². The minimum Gasteiger partial charge on any atom is -0.384 e. The topological polar surface area (TPSA) is 75.1 Å². The van der Waals surface area contributed by atoms with Gasteiger partial charge in [0.25, 0.3) is 11.3 Å². The third-order valence-corrected chi connectivity index (χ3v) is 3.55. The molecule has 0 saturated carbocycles. The number of benzene rings is 1. The van der Waals surface area contributed by atoms with Gasteiger partial charge in [-0.25, -0.2) is 4.98 Å². The van der Waals surface area contributed by atoms with E-state index in [0.717, 1.165) is 24.2 Å². The molecule has 0 unspecified atom stereocenters. The molecule has 0 spiro atoms. The molecular formula is C14H13N5O. The van der Waals surface area contributed by atoms with Gasteiger partial charge in [-0.1, -0.05) is 12.1 Å². The molecule has 0 bridgehead atoms. The summed E-state index contributed by atoms with van der Waals surface area (Å²) in [6.45, 7) is 2.76. The van der Waals surface area contributed by atoms with Crippen LogP contribution in [0.1, 0.15) is 11.3 Å². The number of anilines is 1. The number of rotatable bonds is 1. The molecule has 1 aliphatic rings. The minimum atomic E-state index is -0.148. The summed E-state index contributed by atoms with van der Waals surface area (Å²) in [5.41, 5.74) is 3.92. The van der Waals surface area contributed by atoms with Gasteiger partial charge in [-0.15, -0.1) is 0 Å². The van der Waals surface area contributed by atoms with Crippen LogP contribution in [0.3, 0.4) is 0 Å². The summed E-state index contributed by atoms with van der Waals surface area (Å²) >= 11 is 0. The van der Waals surface area contributed by atoms with Gasteiger partial charge in [0, 0.05) is 29.6 Å². The Morgan fingerprint density at radius 2 is 2.15 bits per heavy atom. The first-order valence-corrected chi connectivity index (χ1v) is 6.54. The average molecular weight is 267 g/mol. The predicted molar refractivity (Wildman–Crippen MR) is 76.0 cm³/mol. The van der Waals surface area contributed by atoms with Gasteiger partial charge in [0.2, 0.25) is 0 Å². The summed E-state index contributed by atoms with van der Waals surface area (Å²) in [7, 11) is 0. The minimum absolute atomic E-state index is 0.148. The lowest BCUT2D eigenvalue weighted by Crippen LogP contribution is -2.14. The molecule has 6 nitrogen and oxygen atoms in total. The van der Waals surface area contributed by atoms with E-state index in [1.54, 1.807) is 6.92 Å². The zero-order valence-electron chi connectivity index (χ0n) is 11.0. The van der Waals surface area contributed by atoms with Crippen molar-refractivity contribution >= 4 is 11.5 Å². The Morgan fingerprint density at radius 3 is 3.05 bits per heavy atom. The molecule has 0 atom stereocenters. The second-order valence-corrected chi connectivity index (χ2v) is 4.99. The first-order chi connectivity index (χ1) is 9.70. The number of nitrogens with one attached hydrogen (secondary N) is 2. The van der Waals surface area contributed by atoms with Gasteiger partial charge in [-0.2, -0.15) is 9.50 Å². The fourth-order valence-electron chi connectivity index (χ4n) is 2.56. The number of aryl methyl sites for hydroxylation is 1. The lowest BCUT2D eigenvalue weighted by Gasteiger charge is -2.01. The van der Waals surface area contributed by atoms with Crippen LogP contribution >= 0.6 is 0 Å². The number of H-pyrrole nitrogens is 1. The van der Waals surface area contributed by atoms with Crippen molar-refractivity contribution in [2.75, 3.05) is 11.9 Å². The van der Waals surface area contributed by atoms with Crippen molar-refractivity contribution in [2.45, 2.75) is 13.3 Å². The molecule has 0 fully saturated rings. The van der Waals surface area contributed by atoms with Gasteiger partial charge in [-0.05, 0) is 25.0 Å². The summed E-state index contributed by atoms with van der Waals surface area (Å²) in [5.74, 6) is 1.05. The van der Waals surface area contributed by atoms with Gasteiger partial charge in [0.1, 0.15) is 0 Å². The molecule has 2 N–H and O–H groups in total. The Hall–Kier alpha value is -2.63. The van der Waals surface area contributed by atoms with Crippen LogP contribution in [0.2, 0.25) is 0 Å². The molecule has 6 heteroatoms. The van der Waals surface area contributed by atoms with E-state index >= 15 is 0 Å². The van der Waals surface area contributed by atoms with Crippen LogP contribution in [-0.2, 0) is 6.42 Å². The monoisotopic (exact) mass is 267 g/mol. The summed E-state index contributed by atoms with van der Waals surface area (Å²) < 4.78 is 1.36. The number of aromatic nitrogens is 4. The molecule has 0 amide bonds. The number of hydrogen-bond acceptors (Lipinski definition) is 4. The van der Waals surface area contributed by atoms with E-state index in [9.17, 15) is 4.79 Å². The summed E-state index contributed by atoms with van der Waals surface area (Å²) in [5, 5.41) is 6.34. The highest BCUT2D eigenvalue weighted by Gasteiger charge is 2.13. The van der Waals surface area contributed by atoms with Gasteiger partial charge in [-0.3, -0.25) is 9.89 Å². The van der Waals surface area contributed by atoms with Crippen molar-refractivity contribution in [3.63, 3.8) is 0 Å². The molecule has 0 saturated heterocycles. The van der Waals surface area contributed by atoms with E-state index in [1.807, 2.05) is 6.07 Å². The Kier molecular flexibility index (Phi) is 2.20. The Bertz CT molecular complexity index is 877. The highest BCUT2D eigenvalue weighted by atomic mass is 16.1. The van der Waals surface area contributed by atoms with Crippen LogP contribution in [0.5, 0.6) is 0 Å². The van der Waals surface area contributed by atoms with E-state index < -0.39 is 0 Å². The van der Waals surface area contributed by atoms with Crippen molar-refractivity contribution in [3.8, 4) is 11.4 Å². The van der Waals surface area contributed by atoms with Gasteiger partial charge >= 0.3 is 0 Å². The SMILES string of the molecule is Cc1cc(=O)n2[nH]c(-c3ccc4c(c3)NCC4)nc2n1. The highest BCUT2D eigenvalue weighted by molar-refractivity contribution is 5.68. The maximum absolute atomic E-state index is 11.9. The Balaban J connectivity index is 1.90. The molecule has 100 valence electrons. The maximum Gasteiger partial charge on any atom is 0.274 e. The van der Waals surface area contributed by atoms with E-state index in [-0.39, 0.29) is 5.56 Å². The van der Waals surface area contributed by atoms with E-state index in [4.69, 9.17) is 0 Å². The smallest absolute Gasteiger partial charge is 0.274 e. The molecule has 1 aliphatic heterocycles. The first-order valence-electron chi connectivity index (χ1n) is 6.54. The Morgan fingerprint density at radius 1 is 1.25 bits per heavy atom. The number of nitrogens with zero attached hydrogens (tertiary/aromatic N) is 3. The zero-order chi connectivity index (χ0) is 13.7. The third-order valence-electron chi connectivity index (χ3n) is 3.55. The maximum atomic E-state index is 11.9. The molecule has 3 aromatic rings. The van der Waals surface area contributed by atoms with Crippen molar-refractivity contribution < 1.29 is 0 Å². The van der Waals surface area contributed by atoms with E-state index in [0.29, 0.717) is 17.3 Å². The summed E-state index contributed by atoms with van der Waals surface area (Å²) in [4.78, 5) is 20.5. The Labute approximate surface area is 114 Å². The van der Waals surface area contributed by atoms with Crippen LogP contribution in [0.4, 0.5) is 5.69 Å². The lowest BCUT2D eigenvalue weighted by atomic mass is 10.1. The van der Waals surface area contributed by atoms with Crippen LogP contribution in [0, 0.1) is 6.92 Å². The molecule has 0 aliphatic carbocycles. The largest absolute Gasteiger partial charge is 0.384 e. The predicted octanol–water partition coefficient (Wildman–Crippen LogP) is 1.36. The van der Waals surface area contributed by atoms with Crippen molar-refractivity contribution in [1.82, 2.24) is 19.6 Å². The molecule has 1 aromatic carbocycles. The molecule has 4 rings (SSSR count). The van der Waals surface area contributed by atoms with Crippen LogP contribution in [0.15, 0.2) is 29.1 Å². The molecule has 3 heterocycles. The third kappa shape index (κ3) is 1.61. The molecule has 0 radical (unpaired) electrons.